The van der Waals surface area contributed by atoms with Crippen LogP contribution in [-0.2, 0) is 4.79 Å². The van der Waals surface area contributed by atoms with Crippen molar-refractivity contribution in [3.05, 3.63) is 0 Å². The van der Waals surface area contributed by atoms with Gasteiger partial charge in [-0.2, -0.15) is 11.8 Å². The molecule has 0 atom stereocenters. The van der Waals surface area contributed by atoms with Crippen LogP contribution in [0.1, 0.15) is 12.8 Å². The van der Waals surface area contributed by atoms with Gasteiger partial charge in [0.05, 0.1) is 0 Å². The summed E-state index contributed by atoms with van der Waals surface area (Å²) < 4.78 is 0. The molecule has 5 nitrogen and oxygen atoms in total. The van der Waals surface area contributed by atoms with Crippen molar-refractivity contribution < 1.29 is 14.7 Å². The average Bonchev–Trinajstić information content (AvgIpc) is 2.26. The quantitative estimate of drug-likeness (QED) is 0.771. The van der Waals surface area contributed by atoms with Gasteiger partial charge in [-0.1, -0.05) is 0 Å². The lowest BCUT2D eigenvalue weighted by Crippen LogP contribution is -2.42. The predicted octanol–water partition coefficient (Wildman–Crippen LogP) is 0.856. The van der Waals surface area contributed by atoms with Crippen molar-refractivity contribution in [2.24, 2.45) is 5.92 Å². The Morgan fingerprint density at radius 3 is 2.62 bits per heavy atom. The topological polar surface area (TPSA) is 69.6 Å². The Morgan fingerprint density at radius 1 is 1.44 bits per heavy atom. The molecule has 1 fully saturated rings. The Kier molecular flexibility index (Phi) is 5.45. The molecule has 0 spiro atoms. The van der Waals surface area contributed by atoms with Gasteiger partial charge in [-0.25, -0.2) is 4.79 Å². The molecule has 0 aromatic heterocycles. The molecule has 6 heteroatoms. The van der Waals surface area contributed by atoms with Gasteiger partial charge in [0, 0.05) is 13.6 Å². The summed E-state index contributed by atoms with van der Waals surface area (Å²) in [5.74, 6) is 1.87. The number of carbonyl (C=O) groups excluding carboxylic acids is 1. The van der Waals surface area contributed by atoms with Gasteiger partial charge in [-0.05, 0) is 30.3 Å². The third-order valence-electron chi connectivity index (χ3n) is 2.60. The maximum atomic E-state index is 11.5. The monoisotopic (exact) mass is 246 g/mol. The van der Waals surface area contributed by atoms with E-state index in [1.54, 1.807) is 0 Å². The largest absolute Gasteiger partial charge is 0.480 e. The Labute approximate surface area is 99.6 Å². The lowest BCUT2D eigenvalue weighted by Gasteiger charge is -2.23. The molecule has 1 aliphatic rings. The van der Waals surface area contributed by atoms with E-state index in [-0.39, 0.29) is 12.6 Å². The van der Waals surface area contributed by atoms with E-state index in [4.69, 9.17) is 5.11 Å². The summed E-state index contributed by atoms with van der Waals surface area (Å²) in [4.78, 5) is 23.0. The van der Waals surface area contributed by atoms with Gasteiger partial charge in [0.2, 0.25) is 0 Å². The van der Waals surface area contributed by atoms with Crippen LogP contribution in [0.3, 0.4) is 0 Å². The molecule has 1 saturated heterocycles. The fourth-order valence-electron chi connectivity index (χ4n) is 1.59. The van der Waals surface area contributed by atoms with Gasteiger partial charge in [-0.15, -0.1) is 0 Å². The number of carbonyl (C=O) groups is 2. The number of nitrogens with one attached hydrogen (secondary N) is 1. The van der Waals surface area contributed by atoms with Crippen LogP contribution in [0.4, 0.5) is 4.79 Å². The van der Waals surface area contributed by atoms with Crippen molar-refractivity contribution in [1.29, 1.82) is 0 Å². The standard InChI is InChI=1S/C10H18N2O3S/c1-12(7-9(13)14)10(15)11-6-8-2-4-16-5-3-8/h8H,2-7H2,1H3,(H,11,15)(H,13,14). The molecule has 1 heterocycles. The van der Waals surface area contributed by atoms with Crippen molar-refractivity contribution in [2.75, 3.05) is 31.6 Å². The lowest BCUT2D eigenvalue weighted by atomic mass is 10.0. The van der Waals surface area contributed by atoms with Crippen molar-refractivity contribution in [3.63, 3.8) is 0 Å². The minimum absolute atomic E-state index is 0.258. The highest BCUT2D eigenvalue weighted by atomic mass is 32.2. The maximum absolute atomic E-state index is 11.5. The summed E-state index contributed by atoms with van der Waals surface area (Å²) in [5.41, 5.74) is 0. The van der Waals surface area contributed by atoms with Crippen molar-refractivity contribution in [3.8, 4) is 0 Å². The van der Waals surface area contributed by atoms with Crippen molar-refractivity contribution >= 4 is 23.8 Å². The van der Waals surface area contributed by atoms with Gasteiger partial charge >= 0.3 is 12.0 Å². The second-order valence-corrected chi connectivity index (χ2v) is 5.22. The number of aliphatic carboxylic acids is 1. The number of hydrogen-bond acceptors (Lipinski definition) is 3. The first-order chi connectivity index (χ1) is 7.59. The minimum atomic E-state index is -0.994. The molecule has 2 amide bonds. The third kappa shape index (κ3) is 4.74. The summed E-state index contributed by atoms with van der Waals surface area (Å²) in [7, 11) is 1.49. The molecular weight excluding hydrogens is 228 g/mol. The molecule has 1 rings (SSSR count). The van der Waals surface area contributed by atoms with Gasteiger partial charge in [0.1, 0.15) is 6.54 Å². The average molecular weight is 246 g/mol. The number of thioether (sulfide) groups is 1. The van der Waals surface area contributed by atoms with E-state index < -0.39 is 5.97 Å². The summed E-state index contributed by atoms with van der Waals surface area (Å²) in [6.07, 6.45) is 2.27. The number of urea groups is 1. The summed E-state index contributed by atoms with van der Waals surface area (Å²) >= 11 is 1.95. The number of amides is 2. The molecule has 1 aliphatic heterocycles. The maximum Gasteiger partial charge on any atom is 0.323 e. The number of carboxylic acid groups (broad SMARTS) is 1. The van der Waals surface area contributed by atoms with E-state index in [2.05, 4.69) is 5.32 Å². The van der Waals surface area contributed by atoms with Gasteiger partial charge in [-0.3, -0.25) is 4.79 Å². The van der Waals surface area contributed by atoms with Crippen LogP contribution in [0, 0.1) is 5.92 Å². The molecule has 2 N–H and O–H groups in total. The smallest absolute Gasteiger partial charge is 0.323 e. The highest BCUT2D eigenvalue weighted by Crippen LogP contribution is 2.21. The highest BCUT2D eigenvalue weighted by Gasteiger charge is 2.16. The second kappa shape index (κ2) is 6.62. The number of carboxylic acids is 1. The molecule has 0 aromatic rings. The molecule has 16 heavy (non-hydrogen) atoms. The van der Waals surface area contributed by atoms with Crippen molar-refractivity contribution in [2.45, 2.75) is 12.8 Å². The van der Waals surface area contributed by atoms with E-state index in [9.17, 15) is 9.59 Å². The van der Waals surface area contributed by atoms with Crippen LogP contribution in [0.15, 0.2) is 0 Å². The number of rotatable bonds is 4. The van der Waals surface area contributed by atoms with Crippen molar-refractivity contribution in [1.82, 2.24) is 10.2 Å². The van der Waals surface area contributed by atoms with E-state index in [0.717, 1.165) is 24.3 Å². The first kappa shape index (κ1) is 13.2. The Hall–Kier alpha value is -0.910. The second-order valence-electron chi connectivity index (χ2n) is 3.99. The Morgan fingerprint density at radius 2 is 2.06 bits per heavy atom. The van der Waals surface area contributed by atoms with Crippen LogP contribution in [-0.4, -0.2) is 53.6 Å². The van der Waals surface area contributed by atoms with Crippen LogP contribution in [0.5, 0.6) is 0 Å². The van der Waals surface area contributed by atoms with Crippen LogP contribution < -0.4 is 5.32 Å². The lowest BCUT2D eigenvalue weighted by molar-refractivity contribution is -0.137. The zero-order valence-corrected chi connectivity index (χ0v) is 10.3. The predicted molar refractivity (Wildman–Crippen MR) is 63.7 cm³/mol. The minimum Gasteiger partial charge on any atom is -0.480 e. The summed E-state index contributed by atoms with van der Waals surface area (Å²) in [6, 6.07) is -0.305. The molecule has 0 radical (unpaired) electrons. The highest BCUT2D eigenvalue weighted by molar-refractivity contribution is 7.99. The SMILES string of the molecule is CN(CC(=O)O)C(=O)NCC1CCSCC1. The zero-order chi connectivity index (χ0) is 12.0. The van der Waals surface area contributed by atoms with Gasteiger partial charge < -0.3 is 15.3 Å². The fourth-order valence-corrected chi connectivity index (χ4v) is 2.80. The van der Waals surface area contributed by atoms with Crippen LogP contribution in [0.25, 0.3) is 0 Å². The Bertz CT molecular complexity index is 254. The fraction of sp³-hybridized carbons (Fsp3) is 0.800. The molecule has 0 aromatic carbocycles. The van der Waals surface area contributed by atoms with E-state index in [1.807, 2.05) is 11.8 Å². The van der Waals surface area contributed by atoms with E-state index in [1.165, 1.54) is 11.9 Å². The van der Waals surface area contributed by atoms with E-state index >= 15 is 0 Å². The zero-order valence-electron chi connectivity index (χ0n) is 9.44. The number of hydrogen-bond donors (Lipinski definition) is 2. The summed E-state index contributed by atoms with van der Waals surface area (Å²) in [6.45, 7) is 0.399. The molecule has 0 aliphatic carbocycles. The molecule has 0 saturated carbocycles. The molecule has 92 valence electrons. The number of nitrogens with zero attached hydrogens (tertiary/aromatic N) is 1. The number of likely N-dealkylation sites (N-methyl/N-ethyl adjacent to an activating group) is 1. The van der Waals surface area contributed by atoms with Crippen LogP contribution in [0.2, 0.25) is 0 Å². The third-order valence-corrected chi connectivity index (χ3v) is 3.65. The Balaban J connectivity index is 2.20. The van der Waals surface area contributed by atoms with E-state index in [0.29, 0.717) is 12.5 Å². The molecular formula is C10H18N2O3S. The normalized spacial score (nSPS) is 16.8. The van der Waals surface area contributed by atoms with Gasteiger partial charge in [0.15, 0.2) is 0 Å². The molecule has 0 bridgehead atoms. The first-order valence-electron chi connectivity index (χ1n) is 5.38. The van der Waals surface area contributed by atoms with Crippen LogP contribution >= 0.6 is 11.8 Å². The van der Waals surface area contributed by atoms with Gasteiger partial charge in [0.25, 0.3) is 0 Å². The first-order valence-corrected chi connectivity index (χ1v) is 6.53. The molecule has 0 unspecified atom stereocenters. The summed E-state index contributed by atoms with van der Waals surface area (Å²) in [5, 5.41) is 11.3.